The molecule has 1 aromatic rings. The third kappa shape index (κ3) is 4.62. The minimum Gasteiger partial charge on any atom is -0.463 e. The van der Waals surface area contributed by atoms with E-state index in [2.05, 4.69) is 22.5 Å². The number of carbonyl (C=O) groups excluding carboxylic acids is 2. The Kier molecular flexibility index (Phi) is 6.39. The van der Waals surface area contributed by atoms with Crippen molar-refractivity contribution in [1.29, 1.82) is 0 Å². The molecule has 0 radical (unpaired) electrons. The molecular formula is C20H26ClN3O3. The number of nitrogens with one attached hydrogen (secondary N) is 2. The molecular weight excluding hydrogens is 366 g/mol. The van der Waals surface area contributed by atoms with Gasteiger partial charge in [-0.05, 0) is 50.9 Å². The number of esters is 1. The Bertz CT molecular complexity index is 732. The maximum Gasteiger partial charge on any atom is 0.338 e. The van der Waals surface area contributed by atoms with Gasteiger partial charge in [-0.25, -0.2) is 9.59 Å². The van der Waals surface area contributed by atoms with Crippen LogP contribution >= 0.6 is 11.6 Å². The predicted molar refractivity (Wildman–Crippen MR) is 104 cm³/mol. The van der Waals surface area contributed by atoms with Crippen molar-refractivity contribution in [2.75, 3.05) is 19.7 Å². The van der Waals surface area contributed by atoms with Gasteiger partial charge in [-0.2, -0.15) is 0 Å². The van der Waals surface area contributed by atoms with Crippen LogP contribution in [0.4, 0.5) is 4.79 Å². The second-order valence-corrected chi connectivity index (χ2v) is 7.45. The van der Waals surface area contributed by atoms with Crippen molar-refractivity contribution in [3.05, 3.63) is 46.1 Å². The minimum atomic E-state index is -0.565. The van der Waals surface area contributed by atoms with E-state index in [-0.39, 0.29) is 12.6 Å². The summed E-state index contributed by atoms with van der Waals surface area (Å²) in [6.07, 6.45) is 3.46. The third-order valence-electron chi connectivity index (χ3n) is 5.15. The standard InChI is InChI=1S/C20H26ClN3O3/c1-3-27-19(25)17-16(12-24-11-5-4-6-13(24)2)22-20(26)23-18(17)14-7-9-15(21)10-8-14/h7-10,13,18H,3-6,11-12H2,1-2H3,(H2,22,23,26)/t13-,18+/m0/s1. The van der Waals surface area contributed by atoms with Crippen LogP contribution in [0.2, 0.25) is 5.02 Å². The molecule has 1 aromatic carbocycles. The van der Waals surface area contributed by atoms with Crippen LogP contribution in [0, 0.1) is 0 Å². The molecule has 2 amide bonds. The third-order valence-corrected chi connectivity index (χ3v) is 5.41. The average molecular weight is 392 g/mol. The summed E-state index contributed by atoms with van der Waals surface area (Å²) < 4.78 is 5.31. The molecule has 0 aromatic heterocycles. The highest BCUT2D eigenvalue weighted by atomic mass is 35.5. The highest BCUT2D eigenvalue weighted by molar-refractivity contribution is 6.30. The number of nitrogens with zero attached hydrogens (tertiary/aromatic N) is 1. The van der Waals surface area contributed by atoms with Gasteiger partial charge >= 0.3 is 12.0 Å². The van der Waals surface area contributed by atoms with E-state index in [1.54, 1.807) is 19.1 Å². The molecule has 2 atom stereocenters. The molecule has 146 valence electrons. The molecule has 27 heavy (non-hydrogen) atoms. The number of urea groups is 1. The van der Waals surface area contributed by atoms with Gasteiger partial charge in [0.05, 0.1) is 18.2 Å². The first-order chi connectivity index (χ1) is 13.0. The number of benzene rings is 1. The van der Waals surface area contributed by atoms with Crippen molar-refractivity contribution >= 4 is 23.6 Å². The van der Waals surface area contributed by atoms with Crippen LogP contribution in [0.5, 0.6) is 0 Å². The highest BCUT2D eigenvalue weighted by Crippen LogP contribution is 2.30. The quantitative estimate of drug-likeness (QED) is 0.755. The molecule has 3 rings (SSSR count). The zero-order valence-corrected chi connectivity index (χ0v) is 16.5. The summed E-state index contributed by atoms with van der Waals surface area (Å²) in [5, 5.41) is 6.30. The zero-order chi connectivity index (χ0) is 19.4. The van der Waals surface area contributed by atoms with Crippen LogP contribution < -0.4 is 10.6 Å². The molecule has 7 heteroatoms. The molecule has 1 saturated heterocycles. The van der Waals surface area contributed by atoms with Crippen LogP contribution in [-0.2, 0) is 9.53 Å². The number of hydrogen-bond acceptors (Lipinski definition) is 4. The van der Waals surface area contributed by atoms with Crippen molar-refractivity contribution in [3.8, 4) is 0 Å². The lowest BCUT2D eigenvalue weighted by molar-refractivity contribution is -0.139. The summed E-state index contributed by atoms with van der Waals surface area (Å²) in [6.45, 7) is 5.71. The molecule has 2 aliphatic heterocycles. The van der Waals surface area contributed by atoms with Crippen molar-refractivity contribution in [2.45, 2.75) is 45.2 Å². The number of likely N-dealkylation sites (tertiary alicyclic amines) is 1. The minimum absolute atomic E-state index is 0.275. The molecule has 0 aliphatic carbocycles. The van der Waals surface area contributed by atoms with Gasteiger partial charge in [0.25, 0.3) is 0 Å². The smallest absolute Gasteiger partial charge is 0.338 e. The highest BCUT2D eigenvalue weighted by Gasteiger charge is 2.35. The normalized spacial score (nSPS) is 23.6. The van der Waals surface area contributed by atoms with Gasteiger partial charge in [0.15, 0.2) is 0 Å². The van der Waals surface area contributed by atoms with Gasteiger partial charge in [0, 0.05) is 23.3 Å². The lowest BCUT2D eigenvalue weighted by atomic mass is 9.94. The number of rotatable bonds is 5. The summed E-state index contributed by atoms with van der Waals surface area (Å²) in [6, 6.07) is 6.67. The Balaban J connectivity index is 1.98. The number of carbonyl (C=O) groups is 2. The lowest BCUT2D eigenvalue weighted by Crippen LogP contribution is -2.50. The van der Waals surface area contributed by atoms with E-state index in [0.29, 0.717) is 28.9 Å². The molecule has 2 N–H and O–H groups in total. The summed E-state index contributed by atoms with van der Waals surface area (Å²) in [5.74, 6) is -0.412. The number of hydrogen-bond donors (Lipinski definition) is 2. The largest absolute Gasteiger partial charge is 0.463 e. The Morgan fingerprint density at radius 2 is 2.04 bits per heavy atom. The molecule has 0 unspecified atom stereocenters. The van der Waals surface area contributed by atoms with Crippen LogP contribution in [-0.4, -0.2) is 42.6 Å². The predicted octanol–water partition coefficient (Wildman–Crippen LogP) is 3.39. The number of piperidine rings is 1. The van der Waals surface area contributed by atoms with Crippen LogP contribution in [0.15, 0.2) is 35.5 Å². The summed E-state index contributed by atoms with van der Waals surface area (Å²) in [4.78, 5) is 27.4. The van der Waals surface area contributed by atoms with E-state index in [9.17, 15) is 9.59 Å². The van der Waals surface area contributed by atoms with E-state index in [4.69, 9.17) is 16.3 Å². The Labute approximate surface area is 164 Å². The van der Waals surface area contributed by atoms with Crippen molar-refractivity contribution in [2.24, 2.45) is 0 Å². The van der Waals surface area contributed by atoms with E-state index >= 15 is 0 Å². The van der Waals surface area contributed by atoms with Gasteiger partial charge in [-0.1, -0.05) is 30.2 Å². The second kappa shape index (κ2) is 8.76. The van der Waals surface area contributed by atoms with Gasteiger partial charge in [0.2, 0.25) is 0 Å². The van der Waals surface area contributed by atoms with Crippen molar-refractivity contribution < 1.29 is 14.3 Å². The van der Waals surface area contributed by atoms with Crippen LogP contribution in [0.1, 0.15) is 44.7 Å². The summed E-state index contributed by atoms with van der Waals surface area (Å²) >= 11 is 5.99. The van der Waals surface area contributed by atoms with Crippen molar-refractivity contribution in [3.63, 3.8) is 0 Å². The molecule has 2 heterocycles. The zero-order valence-electron chi connectivity index (χ0n) is 15.8. The Hall–Kier alpha value is -2.05. The molecule has 2 aliphatic rings. The number of amides is 2. The lowest BCUT2D eigenvalue weighted by Gasteiger charge is -2.36. The number of halogens is 1. The molecule has 0 saturated carbocycles. The summed E-state index contributed by atoms with van der Waals surface area (Å²) in [5.41, 5.74) is 1.86. The van der Waals surface area contributed by atoms with Gasteiger partial charge < -0.3 is 15.4 Å². The maximum atomic E-state index is 12.8. The first kappa shape index (κ1) is 19.7. The molecule has 1 fully saturated rings. The molecule has 0 bridgehead atoms. The van der Waals surface area contributed by atoms with Gasteiger partial charge in [-0.3, -0.25) is 4.90 Å². The van der Waals surface area contributed by atoms with Crippen LogP contribution in [0.25, 0.3) is 0 Å². The topological polar surface area (TPSA) is 70.7 Å². The fraction of sp³-hybridized carbons (Fsp3) is 0.500. The van der Waals surface area contributed by atoms with Crippen molar-refractivity contribution in [1.82, 2.24) is 15.5 Å². The first-order valence-electron chi connectivity index (χ1n) is 9.46. The fourth-order valence-electron chi connectivity index (χ4n) is 3.69. The van der Waals surface area contributed by atoms with E-state index in [0.717, 1.165) is 24.9 Å². The monoisotopic (exact) mass is 391 g/mol. The van der Waals surface area contributed by atoms with Crippen LogP contribution in [0.3, 0.4) is 0 Å². The van der Waals surface area contributed by atoms with E-state index < -0.39 is 12.0 Å². The Morgan fingerprint density at radius 3 is 2.70 bits per heavy atom. The number of ether oxygens (including phenoxy) is 1. The fourth-order valence-corrected chi connectivity index (χ4v) is 3.82. The SMILES string of the molecule is CCOC(=O)C1=C(CN2CCCC[C@@H]2C)NC(=O)N[C@@H]1c1ccc(Cl)cc1. The Morgan fingerprint density at radius 1 is 1.30 bits per heavy atom. The molecule has 0 spiro atoms. The van der Waals surface area contributed by atoms with E-state index in [1.165, 1.54) is 6.42 Å². The summed E-state index contributed by atoms with van der Waals surface area (Å²) in [7, 11) is 0. The van der Waals surface area contributed by atoms with E-state index in [1.807, 2.05) is 12.1 Å². The molecule has 6 nitrogen and oxygen atoms in total. The van der Waals surface area contributed by atoms with Gasteiger partial charge in [0.1, 0.15) is 0 Å². The second-order valence-electron chi connectivity index (χ2n) is 7.01. The average Bonchev–Trinajstić information content (AvgIpc) is 2.64. The first-order valence-corrected chi connectivity index (χ1v) is 9.84. The maximum absolute atomic E-state index is 12.8. The van der Waals surface area contributed by atoms with Gasteiger partial charge in [-0.15, -0.1) is 0 Å².